The lowest BCUT2D eigenvalue weighted by molar-refractivity contribution is -0.137. The summed E-state index contributed by atoms with van der Waals surface area (Å²) in [4.78, 5) is 10.3. The first-order chi connectivity index (χ1) is 10.8. The van der Waals surface area contributed by atoms with Crippen molar-refractivity contribution in [3.63, 3.8) is 0 Å². The van der Waals surface area contributed by atoms with Gasteiger partial charge in [0.25, 0.3) is 0 Å². The predicted octanol–water partition coefficient (Wildman–Crippen LogP) is 6.66. The molecule has 0 atom stereocenters. The minimum atomic E-state index is -0.669. The van der Waals surface area contributed by atoms with Gasteiger partial charge < -0.3 is 5.11 Å². The van der Waals surface area contributed by atoms with Crippen LogP contribution in [0.4, 0.5) is 0 Å². The highest BCUT2D eigenvalue weighted by atomic mass is 16.4. The van der Waals surface area contributed by atoms with Crippen LogP contribution in [0.1, 0.15) is 96.8 Å². The van der Waals surface area contributed by atoms with Crippen LogP contribution in [0.25, 0.3) is 0 Å². The minimum Gasteiger partial charge on any atom is -0.481 e. The van der Waals surface area contributed by atoms with Gasteiger partial charge in [-0.2, -0.15) is 0 Å². The summed E-state index contributed by atoms with van der Waals surface area (Å²) in [6, 6.07) is 0. The van der Waals surface area contributed by atoms with Crippen LogP contribution >= 0.6 is 0 Å². The Bertz CT molecular complexity index is 292. The molecule has 0 aliphatic rings. The molecular weight excluding hydrogens is 272 g/mol. The zero-order chi connectivity index (χ0) is 16.3. The molecule has 2 heteroatoms. The lowest BCUT2D eigenvalue weighted by Crippen LogP contribution is -1.93. The second-order valence-electron chi connectivity index (χ2n) is 6.07. The van der Waals surface area contributed by atoms with Crippen molar-refractivity contribution in [1.29, 1.82) is 0 Å². The Labute approximate surface area is 137 Å². The summed E-state index contributed by atoms with van der Waals surface area (Å²) in [5.41, 5.74) is 0. The maximum Gasteiger partial charge on any atom is 0.303 e. The van der Waals surface area contributed by atoms with E-state index in [-0.39, 0.29) is 0 Å². The molecule has 0 aromatic heterocycles. The Morgan fingerprint density at radius 1 is 0.682 bits per heavy atom. The fourth-order valence-electron chi connectivity index (χ4n) is 2.42. The van der Waals surface area contributed by atoms with Crippen molar-refractivity contribution in [2.75, 3.05) is 0 Å². The molecule has 0 spiro atoms. The molecule has 0 amide bonds. The first kappa shape index (κ1) is 20.9. The molecule has 0 fully saturated rings. The Morgan fingerprint density at radius 3 is 1.68 bits per heavy atom. The van der Waals surface area contributed by atoms with Crippen LogP contribution in [0, 0.1) is 0 Å². The summed E-state index contributed by atoms with van der Waals surface area (Å²) >= 11 is 0. The van der Waals surface area contributed by atoms with E-state index in [0.717, 1.165) is 19.3 Å². The zero-order valence-corrected chi connectivity index (χ0v) is 14.6. The minimum absolute atomic E-state index is 0.325. The van der Waals surface area contributed by atoms with Crippen LogP contribution in [-0.4, -0.2) is 11.1 Å². The molecule has 0 saturated carbocycles. The fourth-order valence-corrected chi connectivity index (χ4v) is 2.42. The smallest absolute Gasteiger partial charge is 0.303 e. The number of carbonyl (C=O) groups is 1. The Kier molecular flexibility index (Phi) is 17.1. The van der Waals surface area contributed by atoms with Gasteiger partial charge in [0.05, 0.1) is 0 Å². The van der Waals surface area contributed by atoms with Crippen LogP contribution < -0.4 is 0 Å². The number of carboxylic acids is 1. The van der Waals surface area contributed by atoms with Gasteiger partial charge in [0, 0.05) is 6.42 Å². The van der Waals surface area contributed by atoms with E-state index in [2.05, 4.69) is 31.2 Å². The molecular formula is C20H36O2. The highest BCUT2D eigenvalue weighted by molar-refractivity contribution is 5.66. The second-order valence-corrected chi connectivity index (χ2v) is 6.07. The van der Waals surface area contributed by atoms with Crippen LogP contribution in [0.15, 0.2) is 24.3 Å². The molecule has 0 bridgehead atoms. The van der Waals surface area contributed by atoms with E-state index in [4.69, 9.17) is 5.11 Å². The average molecular weight is 309 g/mol. The van der Waals surface area contributed by atoms with Gasteiger partial charge in [0.2, 0.25) is 0 Å². The van der Waals surface area contributed by atoms with Gasteiger partial charge >= 0.3 is 5.97 Å². The third-order valence-corrected chi connectivity index (χ3v) is 3.82. The first-order valence-corrected chi connectivity index (χ1v) is 9.29. The molecule has 0 heterocycles. The van der Waals surface area contributed by atoms with Crippen molar-refractivity contribution < 1.29 is 9.90 Å². The molecule has 2 nitrogen and oxygen atoms in total. The normalized spacial score (nSPS) is 11.7. The zero-order valence-electron chi connectivity index (χ0n) is 14.6. The van der Waals surface area contributed by atoms with Crippen molar-refractivity contribution in [1.82, 2.24) is 0 Å². The quantitative estimate of drug-likeness (QED) is 0.255. The molecule has 0 aliphatic carbocycles. The predicted molar refractivity (Wildman–Crippen MR) is 96.2 cm³/mol. The lowest BCUT2D eigenvalue weighted by Gasteiger charge is -1.98. The average Bonchev–Trinajstić information content (AvgIpc) is 2.50. The molecule has 0 aromatic carbocycles. The number of rotatable bonds is 16. The van der Waals surface area contributed by atoms with Crippen molar-refractivity contribution >= 4 is 5.97 Å². The molecule has 22 heavy (non-hydrogen) atoms. The number of carboxylic acid groups (broad SMARTS) is 1. The van der Waals surface area contributed by atoms with Gasteiger partial charge in [0.15, 0.2) is 0 Å². The van der Waals surface area contributed by atoms with E-state index in [0.29, 0.717) is 6.42 Å². The van der Waals surface area contributed by atoms with E-state index in [9.17, 15) is 4.79 Å². The molecule has 0 saturated heterocycles. The SMILES string of the molecule is CCCCCC/C=C/CC/C=C/CCCCCCCC(=O)O. The van der Waals surface area contributed by atoms with E-state index < -0.39 is 5.97 Å². The van der Waals surface area contributed by atoms with Crippen molar-refractivity contribution in [3.05, 3.63) is 24.3 Å². The summed E-state index contributed by atoms with van der Waals surface area (Å²) in [7, 11) is 0. The summed E-state index contributed by atoms with van der Waals surface area (Å²) < 4.78 is 0. The number of hydrogen-bond donors (Lipinski definition) is 1. The van der Waals surface area contributed by atoms with Crippen LogP contribution in [0.5, 0.6) is 0 Å². The van der Waals surface area contributed by atoms with Crippen molar-refractivity contribution in [2.24, 2.45) is 0 Å². The van der Waals surface area contributed by atoms with Gasteiger partial charge in [-0.05, 0) is 44.9 Å². The van der Waals surface area contributed by atoms with E-state index >= 15 is 0 Å². The molecule has 1 N–H and O–H groups in total. The van der Waals surface area contributed by atoms with Gasteiger partial charge in [-0.15, -0.1) is 0 Å². The van der Waals surface area contributed by atoms with Crippen LogP contribution in [-0.2, 0) is 4.79 Å². The summed E-state index contributed by atoms with van der Waals surface area (Å²) in [5.74, 6) is -0.669. The third-order valence-electron chi connectivity index (χ3n) is 3.82. The molecule has 0 aromatic rings. The van der Waals surface area contributed by atoms with E-state index in [1.54, 1.807) is 0 Å². The van der Waals surface area contributed by atoms with Gasteiger partial charge in [-0.25, -0.2) is 0 Å². The maximum atomic E-state index is 10.3. The number of hydrogen-bond acceptors (Lipinski definition) is 1. The van der Waals surface area contributed by atoms with Crippen molar-refractivity contribution in [2.45, 2.75) is 96.8 Å². The summed E-state index contributed by atoms with van der Waals surface area (Å²) in [5, 5.41) is 8.53. The Balaban J connectivity index is 3.17. The molecule has 0 rings (SSSR count). The van der Waals surface area contributed by atoms with Crippen molar-refractivity contribution in [3.8, 4) is 0 Å². The van der Waals surface area contributed by atoms with E-state index in [1.165, 1.54) is 64.2 Å². The topological polar surface area (TPSA) is 37.3 Å². The first-order valence-electron chi connectivity index (χ1n) is 9.29. The molecule has 0 radical (unpaired) electrons. The Hall–Kier alpha value is -1.05. The van der Waals surface area contributed by atoms with Crippen LogP contribution in [0.3, 0.4) is 0 Å². The standard InChI is InChI=1S/C20H36O2/c1-2-3-4-5-6-7-8-9-10-11-12-13-14-15-16-17-18-19-20(21)22/h7-8,11-12H,2-6,9-10,13-19H2,1H3,(H,21,22)/b8-7+,12-11+. The van der Waals surface area contributed by atoms with Gasteiger partial charge in [0.1, 0.15) is 0 Å². The molecule has 0 aliphatic heterocycles. The monoisotopic (exact) mass is 308 g/mol. The van der Waals surface area contributed by atoms with Gasteiger partial charge in [-0.1, -0.05) is 69.8 Å². The highest BCUT2D eigenvalue weighted by Gasteiger charge is 1.95. The molecule has 0 unspecified atom stereocenters. The molecule has 128 valence electrons. The number of unbranched alkanes of at least 4 members (excludes halogenated alkanes) is 10. The largest absolute Gasteiger partial charge is 0.481 e. The Morgan fingerprint density at radius 2 is 1.14 bits per heavy atom. The summed E-state index contributed by atoms with van der Waals surface area (Å²) in [6.07, 6.45) is 25.2. The summed E-state index contributed by atoms with van der Waals surface area (Å²) in [6.45, 7) is 2.25. The second kappa shape index (κ2) is 18.0. The maximum absolute atomic E-state index is 10.3. The number of allylic oxidation sites excluding steroid dienone is 4. The van der Waals surface area contributed by atoms with Gasteiger partial charge in [-0.3, -0.25) is 4.79 Å². The third kappa shape index (κ3) is 18.9. The fraction of sp³-hybridized carbons (Fsp3) is 0.750. The lowest BCUT2D eigenvalue weighted by atomic mass is 10.1. The number of aliphatic carboxylic acids is 1. The van der Waals surface area contributed by atoms with Crippen LogP contribution in [0.2, 0.25) is 0 Å². The van der Waals surface area contributed by atoms with E-state index in [1.807, 2.05) is 0 Å². The highest BCUT2D eigenvalue weighted by Crippen LogP contribution is 2.08.